The summed E-state index contributed by atoms with van der Waals surface area (Å²) in [6.07, 6.45) is 0.764. The van der Waals surface area contributed by atoms with Crippen LogP contribution in [0.1, 0.15) is 44.3 Å². The van der Waals surface area contributed by atoms with E-state index in [0.717, 1.165) is 40.1 Å². The van der Waals surface area contributed by atoms with Crippen LogP contribution in [0.5, 0.6) is 5.75 Å². The van der Waals surface area contributed by atoms with Gasteiger partial charge in [-0.05, 0) is 42.7 Å². The highest BCUT2D eigenvalue weighted by Crippen LogP contribution is 2.43. The van der Waals surface area contributed by atoms with E-state index in [2.05, 4.69) is 53.5 Å². The highest BCUT2D eigenvalue weighted by Gasteiger charge is 2.41. The van der Waals surface area contributed by atoms with Gasteiger partial charge in [-0.3, -0.25) is 9.89 Å². The Morgan fingerprint density at radius 2 is 1.62 bits per heavy atom. The zero-order chi connectivity index (χ0) is 26.8. The first-order chi connectivity index (χ1) is 19.1. The number of rotatable bonds is 8. The predicted molar refractivity (Wildman–Crippen MR) is 154 cm³/mol. The Kier molecular flexibility index (Phi) is 6.91. The summed E-state index contributed by atoms with van der Waals surface area (Å²) in [6, 6.07) is 33.9. The lowest BCUT2D eigenvalue weighted by Crippen LogP contribution is -2.31. The SMILES string of the molecule is Cc1ccc(-c2n[nH]c3c2C(c2ccc(OCc4ccccc4Cl)cc2)N(CCc2ccccc2)C3=O)cc1. The lowest BCUT2D eigenvalue weighted by molar-refractivity contribution is 0.0746. The number of carbonyl (C=O) groups is 1. The molecular weight excluding hydrogens is 506 g/mol. The van der Waals surface area contributed by atoms with Crippen LogP contribution in [-0.4, -0.2) is 27.5 Å². The molecule has 0 fully saturated rings. The van der Waals surface area contributed by atoms with Gasteiger partial charge in [-0.2, -0.15) is 5.10 Å². The normalized spacial score (nSPS) is 14.5. The summed E-state index contributed by atoms with van der Waals surface area (Å²) in [4.78, 5) is 15.6. The van der Waals surface area contributed by atoms with E-state index < -0.39 is 0 Å². The van der Waals surface area contributed by atoms with Gasteiger partial charge in [0.2, 0.25) is 0 Å². The number of nitrogens with zero attached hydrogens (tertiary/aromatic N) is 2. The topological polar surface area (TPSA) is 58.2 Å². The molecule has 0 saturated heterocycles. The second-order valence-corrected chi connectivity index (χ2v) is 10.2. The molecule has 0 spiro atoms. The molecular formula is C33H28ClN3O2. The number of hydrogen-bond donors (Lipinski definition) is 1. The zero-order valence-electron chi connectivity index (χ0n) is 21.6. The number of aromatic amines is 1. The van der Waals surface area contributed by atoms with Gasteiger partial charge >= 0.3 is 0 Å². The number of carbonyl (C=O) groups excluding carboxylic acids is 1. The Bertz CT molecular complexity index is 1590. The fourth-order valence-electron chi connectivity index (χ4n) is 5.12. The standard InChI is InChI=1S/C33H28ClN3O2/c1-22-11-13-24(14-12-22)30-29-31(36-35-30)33(38)37(20-19-23-7-3-2-4-8-23)32(29)25-15-17-27(18-16-25)39-21-26-9-5-6-10-28(26)34/h2-18,32H,19-21H2,1H3,(H,35,36). The smallest absolute Gasteiger partial charge is 0.273 e. The molecule has 0 bridgehead atoms. The van der Waals surface area contributed by atoms with Gasteiger partial charge in [0.05, 0.1) is 11.7 Å². The Balaban J connectivity index is 1.32. The molecule has 0 saturated carbocycles. The maximum atomic E-state index is 13.7. The van der Waals surface area contributed by atoms with Crippen molar-refractivity contribution in [2.75, 3.05) is 6.54 Å². The molecule has 5 aromatic rings. The fourth-order valence-corrected chi connectivity index (χ4v) is 5.31. The molecule has 2 heterocycles. The monoisotopic (exact) mass is 533 g/mol. The number of benzene rings is 4. The minimum absolute atomic E-state index is 0.0316. The number of fused-ring (bicyclic) bond motifs is 1. The van der Waals surface area contributed by atoms with Crippen molar-refractivity contribution in [1.82, 2.24) is 15.1 Å². The molecule has 1 aromatic heterocycles. The van der Waals surface area contributed by atoms with E-state index in [1.54, 1.807) is 0 Å². The Morgan fingerprint density at radius 3 is 2.36 bits per heavy atom. The van der Waals surface area contributed by atoms with Crippen LogP contribution in [-0.2, 0) is 13.0 Å². The first-order valence-electron chi connectivity index (χ1n) is 13.0. The van der Waals surface area contributed by atoms with E-state index in [1.807, 2.05) is 71.6 Å². The second kappa shape index (κ2) is 10.8. The minimum Gasteiger partial charge on any atom is -0.489 e. The summed E-state index contributed by atoms with van der Waals surface area (Å²) in [5.74, 6) is 0.709. The average Bonchev–Trinajstić information content (AvgIpc) is 3.51. The van der Waals surface area contributed by atoms with Crippen molar-refractivity contribution in [3.63, 3.8) is 0 Å². The number of hydrogen-bond acceptors (Lipinski definition) is 3. The molecule has 39 heavy (non-hydrogen) atoms. The van der Waals surface area contributed by atoms with Crippen LogP contribution in [0, 0.1) is 6.92 Å². The Morgan fingerprint density at radius 1 is 0.897 bits per heavy atom. The fraction of sp³-hybridized carbons (Fsp3) is 0.152. The van der Waals surface area contributed by atoms with Crippen LogP contribution < -0.4 is 4.74 Å². The van der Waals surface area contributed by atoms with E-state index in [-0.39, 0.29) is 11.9 Å². The van der Waals surface area contributed by atoms with E-state index in [1.165, 1.54) is 11.1 Å². The molecule has 6 rings (SSSR count). The number of nitrogens with one attached hydrogen (secondary N) is 1. The molecule has 0 aliphatic carbocycles. The number of aryl methyl sites for hydroxylation is 1. The van der Waals surface area contributed by atoms with Crippen LogP contribution >= 0.6 is 11.6 Å². The van der Waals surface area contributed by atoms with Crippen LogP contribution in [0.15, 0.2) is 103 Å². The maximum absolute atomic E-state index is 13.7. The number of ether oxygens (including phenoxy) is 1. The highest BCUT2D eigenvalue weighted by molar-refractivity contribution is 6.31. The largest absolute Gasteiger partial charge is 0.489 e. The number of amides is 1. The van der Waals surface area contributed by atoms with Crippen LogP contribution in [0.4, 0.5) is 0 Å². The molecule has 1 N–H and O–H groups in total. The quantitative estimate of drug-likeness (QED) is 0.226. The molecule has 1 aliphatic rings. The van der Waals surface area contributed by atoms with E-state index >= 15 is 0 Å². The molecule has 5 nitrogen and oxygen atoms in total. The predicted octanol–water partition coefficient (Wildman–Crippen LogP) is 7.41. The van der Waals surface area contributed by atoms with Crippen molar-refractivity contribution in [2.45, 2.75) is 26.0 Å². The third-order valence-electron chi connectivity index (χ3n) is 7.22. The highest BCUT2D eigenvalue weighted by atomic mass is 35.5. The van der Waals surface area contributed by atoms with Crippen LogP contribution in [0.25, 0.3) is 11.3 Å². The lowest BCUT2D eigenvalue weighted by atomic mass is 9.95. The van der Waals surface area contributed by atoms with E-state index in [4.69, 9.17) is 16.3 Å². The molecule has 1 atom stereocenters. The Labute approximate surface area is 233 Å². The van der Waals surface area contributed by atoms with Gasteiger partial charge in [0.25, 0.3) is 5.91 Å². The lowest BCUT2D eigenvalue weighted by Gasteiger charge is -2.26. The maximum Gasteiger partial charge on any atom is 0.273 e. The third-order valence-corrected chi connectivity index (χ3v) is 7.59. The van der Waals surface area contributed by atoms with Crippen molar-refractivity contribution in [2.24, 2.45) is 0 Å². The summed E-state index contributed by atoms with van der Waals surface area (Å²) >= 11 is 6.29. The van der Waals surface area contributed by atoms with Crippen LogP contribution in [0.2, 0.25) is 5.02 Å². The number of aromatic nitrogens is 2. The van der Waals surface area contributed by atoms with Gasteiger partial charge in [-0.1, -0.05) is 102 Å². The summed E-state index contributed by atoms with van der Waals surface area (Å²) in [7, 11) is 0. The molecule has 0 radical (unpaired) electrons. The number of halogens is 1. The van der Waals surface area contributed by atoms with Gasteiger partial charge in [0.1, 0.15) is 18.1 Å². The second-order valence-electron chi connectivity index (χ2n) is 9.81. The van der Waals surface area contributed by atoms with Gasteiger partial charge in [-0.25, -0.2) is 0 Å². The van der Waals surface area contributed by atoms with Crippen molar-refractivity contribution >= 4 is 17.5 Å². The summed E-state index contributed by atoms with van der Waals surface area (Å²) in [6.45, 7) is 3.04. The summed E-state index contributed by atoms with van der Waals surface area (Å²) in [5.41, 5.74) is 7.59. The summed E-state index contributed by atoms with van der Waals surface area (Å²) < 4.78 is 6.02. The van der Waals surface area contributed by atoms with Crippen molar-refractivity contribution < 1.29 is 9.53 Å². The molecule has 194 valence electrons. The molecule has 4 aromatic carbocycles. The van der Waals surface area contributed by atoms with Crippen LogP contribution in [0.3, 0.4) is 0 Å². The molecule has 1 unspecified atom stereocenters. The molecule has 6 heteroatoms. The van der Waals surface area contributed by atoms with Gasteiger partial charge in [0, 0.05) is 28.3 Å². The van der Waals surface area contributed by atoms with Gasteiger partial charge < -0.3 is 9.64 Å². The molecule has 1 amide bonds. The Hall–Kier alpha value is -4.35. The number of H-pyrrole nitrogens is 1. The van der Waals surface area contributed by atoms with E-state index in [0.29, 0.717) is 23.9 Å². The zero-order valence-corrected chi connectivity index (χ0v) is 22.4. The van der Waals surface area contributed by atoms with Crippen molar-refractivity contribution in [3.05, 3.63) is 142 Å². The van der Waals surface area contributed by atoms with Crippen molar-refractivity contribution in [3.8, 4) is 17.0 Å². The first-order valence-corrected chi connectivity index (χ1v) is 13.4. The average molecular weight is 534 g/mol. The van der Waals surface area contributed by atoms with Gasteiger partial charge in [-0.15, -0.1) is 0 Å². The van der Waals surface area contributed by atoms with Crippen molar-refractivity contribution in [1.29, 1.82) is 0 Å². The van der Waals surface area contributed by atoms with Gasteiger partial charge in [0.15, 0.2) is 0 Å². The first kappa shape index (κ1) is 25.0. The third kappa shape index (κ3) is 5.06. The summed E-state index contributed by atoms with van der Waals surface area (Å²) in [5, 5.41) is 8.33. The van der Waals surface area contributed by atoms with E-state index in [9.17, 15) is 4.79 Å². The molecule has 1 aliphatic heterocycles. The minimum atomic E-state index is -0.260.